The molecule has 2 amide bonds. The Labute approximate surface area is 147 Å². The van der Waals surface area contributed by atoms with E-state index in [1.807, 2.05) is 20.8 Å². The Morgan fingerprint density at radius 2 is 1.96 bits per heavy atom. The SMILES string of the molecule is CN(C(=O)c1ccc2c(c1)OCO2)[C@@H]1CCN(C(=O)OC(C)(C)C)C1. The molecule has 1 fully saturated rings. The second kappa shape index (κ2) is 6.46. The maximum atomic E-state index is 12.7. The molecule has 0 aliphatic carbocycles. The van der Waals surface area contributed by atoms with Gasteiger partial charge in [-0.25, -0.2) is 4.79 Å². The highest BCUT2D eigenvalue weighted by Gasteiger charge is 2.33. The monoisotopic (exact) mass is 348 g/mol. The highest BCUT2D eigenvalue weighted by atomic mass is 16.7. The first kappa shape index (κ1) is 17.4. The van der Waals surface area contributed by atoms with Crippen molar-refractivity contribution in [3.63, 3.8) is 0 Å². The van der Waals surface area contributed by atoms with Crippen LogP contribution in [0.1, 0.15) is 37.6 Å². The van der Waals surface area contributed by atoms with Crippen molar-refractivity contribution in [3.8, 4) is 11.5 Å². The summed E-state index contributed by atoms with van der Waals surface area (Å²) in [5, 5.41) is 0. The summed E-state index contributed by atoms with van der Waals surface area (Å²) < 4.78 is 16.0. The summed E-state index contributed by atoms with van der Waals surface area (Å²) in [5.74, 6) is 1.13. The Morgan fingerprint density at radius 1 is 1.24 bits per heavy atom. The van der Waals surface area contributed by atoms with E-state index in [1.54, 1.807) is 35.0 Å². The predicted molar refractivity (Wildman–Crippen MR) is 90.9 cm³/mol. The first-order chi connectivity index (χ1) is 11.7. The molecule has 2 aliphatic rings. The number of hydrogen-bond acceptors (Lipinski definition) is 5. The van der Waals surface area contributed by atoms with Crippen molar-refractivity contribution in [1.29, 1.82) is 0 Å². The van der Waals surface area contributed by atoms with Gasteiger partial charge in [-0.05, 0) is 45.4 Å². The van der Waals surface area contributed by atoms with Gasteiger partial charge < -0.3 is 24.0 Å². The van der Waals surface area contributed by atoms with E-state index in [2.05, 4.69) is 0 Å². The topological polar surface area (TPSA) is 68.3 Å². The van der Waals surface area contributed by atoms with Crippen molar-refractivity contribution in [3.05, 3.63) is 23.8 Å². The van der Waals surface area contributed by atoms with Gasteiger partial charge in [-0.15, -0.1) is 0 Å². The number of likely N-dealkylation sites (N-methyl/N-ethyl adjacent to an activating group) is 1. The number of hydrogen-bond donors (Lipinski definition) is 0. The summed E-state index contributed by atoms with van der Waals surface area (Å²) in [6.07, 6.45) is 0.394. The number of likely N-dealkylation sites (tertiary alicyclic amines) is 1. The van der Waals surface area contributed by atoms with Crippen molar-refractivity contribution in [2.45, 2.75) is 38.8 Å². The molecule has 1 aromatic rings. The van der Waals surface area contributed by atoms with Gasteiger partial charge in [0.1, 0.15) is 5.60 Å². The molecular formula is C18H24N2O5. The van der Waals surface area contributed by atoms with E-state index in [4.69, 9.17) is 14.2 Å². The largest absolute Gasteiger partial charge is 0.454 e. The minimum Gasteiger partial charge on any atom is -0.454 e. The number of rotatable bonds is 2. The number of nitrogens with zero attached hydrogens (tertiary/aromatic N) is 2. The first-order valence-corrected chi connectivity index (χ1v) is 8.39. The fourth-order valence-corrected chi connectivity index (χ4v) is 2.95. The summed E-state index contributed by atoms with van der Waals surface area (Å²) in [7, 11) is 1.76. The van der Waals surface area contributed by atoms with Crippen molar-refractivity contribution in [1.82, 2.24) is 9.80 Å². The van der Waals surface area contributed by atoms with Gasteiger partial charge in [0.05, 0.1) is 6.04 Å². The van der Waals surface area contributed by atoms with Crippen LogP contribution in [0, 0.1) is 0 Å². The van der Waals surface area contributed by atoms with Gasteiger partial charge in [-0.2, -0.15) is 0 Å². The molecule has 136 valence electrons. The second-order valence-corrected chi connectivity index (χ2v) is 7.35. The Bertz CT molecular complexity index is 683. The van der Waals surface area contributed by atoms with Gasteiger partial charge in [0.2, 0.25) is 6.79 Å². The van der Waals surface area contributed by atoms with E-state index >= 15 is 0 Å². The molecule has 7 heteroatoms. The molecular weight excluding hydrogens is 324 g/mol. The predicted octanol–water partition coefficient (Wildman–Crippen LogP) is 2.50. The average Bonchev–Trinajstić information content (AvgIpc) is 3.20. The minimum atomic E-state index is -0.524. The molecule has 2 heterocycles. The van der Waals surface area contributed by atoms with E-state index < -0.39 is 5.60 Å². The maximum Gasteiger partial charge on any atom is 0.410 e. The maximum absolute atomic E-state index is 12.7. The lowest BCUT2D eigenvalue weighted by molar-refractivity contribution is 0.0279. The fourth-order valence-electron chi connectivity index (χ4n) is 2.95. The Balaban J connectivity index is 1.63. The number of fused-ring (bicyclic) bond motifs is 1. The lowest BCUT2D eigenvalue weighted by Crippen LogP contribution is -2.41. The number of ether oxygens (including phenoxy) is 3. The third-order valence-electron chi connectivity index (χ3n) is 4.30. The molecule has 0 saturated carbocycles. The van der Waals surface area contributed by atoms with E-state index in [0.717, 1.165) is 6.42 Å². The molecule has 1 aromatic carbocycles. The lowest BCUT2D eigenvalue weighted by atomic mass is 10.1. The van der Waals surface area contributed by atoms with Gasteiger partial charge >= 0.3 is 6.09 Å². The van der Waals surface area contributed by atoms with Crippen LogP contribution in [0.2, 0.25) is 0 Å². The van der Waals surface area contributed by atoms with Crippen LogP contribution < -0.4 is 9.47 Å². The first-order valence-electron chi connectivity index (χ1n) is 8.39. The summed E-state index contributed by atoms with van der Waals surface area (Å²) in [6.45, 7) is 6.76. The van der Waals surface area contributed by atoms with Crippen LogP contribution in [0.5, 0.6) is 11.5 Å². The zero-order valence-electron chi connectivity index (χ0n) is 15.1. The zero-order chi connectivity index (χ0) is 18.2. The van der Waals surface area contributed by atoms with Gasteiger partial charge in [-0.3, -0.25) is 4.79 Å². The van der Waals surface area contributed by atoms with Gasteiger partial charge in [-0.1, -0.05) is 0 Å². The van der Waals surface area contributed by atoms with E-state index in [0.29, 0.717) is 30.2 Å². The number of carbonyl (C=O) groups excluding carboxylic acids is 2. The lowest BCUT2D eigenvalue weighted by Gasteiger charge is -2.27. The molecule has 3 rings (SSSR count). The molecule has 1 atom stereocenters. The van der Waals surface area contributed by atoms with Crippen LogP contribution in [0.25, 0.3) is 0 Å². The quantitative estimate of drug-likeness (QED) is 0.821. The van der Waals surface area contributed by atoms with Crippen LogP contribution in [-0.4, -0.2) is 60.4 Å². The Kier molecular flexibility index (Phi) is 4.49. The van der Waals surface area contributed by atoms with Gasteiger partial charge in [0.15, 0.2) is 11.5 Å². The molecule has 0 unspecified atom stereocenters. The molecule has 0 radical (unpaired) electrons. The third-order valence-corrected chi connectivity index (χ3v) is 4.30. The van der Waals surface area contributed by atoms with Crippen molar-refractivity contribution >= 4 is 12.0 Å². The summed E-state index contributed by atoms with van der Waals surface area (Å²) in [5.41, 5.74) is 0.0195. The normalized spacial score (nSPS) is 19.0. The van der Waals surface area contributed by atoms with Crippen molar-refractivity contribution in [2.24, 2.45) is 0 Å². The van der Waals surface area contributed by atoms with E-state index in [9.17, 15) is 9.59 Å². The number of benzene rings is 1. The van der Waals surface area contributed by atoms with Crippen molar-refractivity contribution in [2.75, 3.05) is 26.9 Å². The smallest absolute Gasteiger partial charge is 0.410 e. The second-order valence-electron chi connectivity index (χ2n) is 7.35. The van der Waals surface area contributed by atoms with Crippen LogP contribution in [0.3, 0.4) is 0 Å². The van der Waals surface area contributed by atoms with E-state index in [1.165, 1.54) is 0 Å². The molecule has 7 nitrogen and oxygen atoms in total. The summed E-state index contributed by atoms with van der Waals surface area (Å²) >= 11 is 0. The zero-order valence-corrected chi connectivity index (χ0v) is 15.1. The Hall–Kier alpha value is -2.44. The molecule has 25 heavy (non-hydrogen) atoms. The molecule has 0 spiro atoms. The molecule has 2 aliphatic heterocycles. The minimum absolute atomic E-state index is 0.0366. The molecule has 0 aromatic heterocycles. The van der Waals surface area contributed by atoms with Crippen LogP contribution in [0.15, 0.2) is 18.2 Å². The molecule has 0 bridgehead atoms. The van der Waals surface area contributed by atoms with E-state index in [-0.39, 0.29) is 24.8 Å². The standard InChI is InChI=1S/C18H24N2O5/c1-18(2,3)25-17(22)20-8-7-13(10-20)19(4)16(21)12-5-6-14-15(9-12)24-11-23-14/h5-6,9,13H,7-8,10-11H2,1-4H3/t13-/m1/s1. The Morgan fingerprint density at radius 3 is 2.68 bits per heavy atom. The van der Waals surface area contributed by atoms with Crippen LogP contribution in [0.4, 0.5) is 4.79 Å². The number of carbonyl (C=O) groups is 2. The van der Waals surface area contributed by atoms with Gasteiger partial charge in [0.25, 0.3) is 5.91 Å². The highest BCUT2D eigenvalue weighted by Crippen LogP contribution is 2.33. The molecule has 0 N–H and O–H groups in total. The van der Waals surface area contributed by atoms with Crippen LogP contribution >= 0.6 is 0 Å². The summed E-state index contributed by atoms with van der Waals surface area (Å²) in [4.78, 5) is 28.2. The average molecular weight is 348 g/mol. The number of amides is 2. The fraction of sp³-hybridized carbons (Fsp3) is 0.556. The van der Waals surface area contributed by atoms with Crippen molar-refractivity contribution < 1.29 is 23.8 Å². The van der Waals surface area contributed by atoms with Gasteiger partial charge in [0, 0.05) is 25.7 Å². The van der Waals surface area contributed by atoms with Crippen LogP contribution in [-0.2, 0) is 4.74 Å². The summed E-state index contributed by atoms with van der Waals surface area (Å²) in [6, 6.07) is 5.13. The third kappa shape index (κ3) is 3.81. The molecule has 1 saturated heterocycles. The highest BCUT2D eigenvalue weighted by molar-refractivity contribution is 5.95.